The Morgan fingerprint density at radius 3 is 1.82 bits per heavy atom. The average molecular weight is 644 g/mol. The maximum absolute atomic E-state index is 6.36. The fourth-order valence-corrected chi connectivity index (χ4v) is 8.64. The number of anilines is 3. The maximum atomic E-state index is 6.36. The lowest BCUT2D eigenvalue weighted by Crippen LogP contribution is -2.09. The van der Waals surface area contributed by atoms with Crippen LogP contribution in [0.4, 0.5) is 17.1 Å². The number of hydrogen-bond acceptors (Lipinski definition) is 3. The minimum Gasteiger partial charge on any atom is -0.455 e. The zero-order valence-electron chi connectivity index (χ0n) is 26.5. The normalized spacial score (nSPS) is 11.7. The monoisotopic (exact) mass is 643 g/mol. The Morgan fingerprint density at radius 1 is 0.408 bits per heavy atom. The molecular weight excluding hydrogens is 615 g/mol. The van der Waals surface area contributed by atoms with E-state index >= 15 is 0 Å². The maximum Gasteiger partial charge on any atom is 0.143 e. The number of hydrogen-bond donors (Lipinski definition) is 0. The van der Waals surface area contributed by atoms with Crippen molar-refractivity contribution in [2.24, 2.45) is 0 Å². The molecule has 0 saturated carbocycles. The number of nitrogens with zero attached hydrogens (tertiary/aromatic N) is 1. The molecule has 0 atom stereocenters. The molecule has 0 bridgehead atoms. The molecular formula is C46H29NOS. The van der Waals surface area contributed by atoms with Gasteiger partial charge in [-0.05, 0) is 70.6 Å². The highest BCUT2D eigenvalue weighted by atomic mass is 32.1. The summed E-state index contributed by atoms with van der Waals surface area (Å²) in [6.07, 6.45) is 0. The zero-order chi connectivity index (χ0) is 32.3. The van der Waals surface area contributed by atoms with Crippen molar-refractivity contribution in [3.8, 4) is 22.3 Å². The topological polar surface area (TPSA) is 16.4 Å². The third kappa shape index (κ3) is 4.55. The summed E-state index contributed by atoms with van der Waals surface area (Å²) in [6.45, 7) is 0. The fourth-order valence-electron chi connectivity index (χ4n) is 7.37. The molecule has 10 rings (SSSR count). The third-order valence-electron chi connectivity index (χ3n) is 9.68. The quantitative estimate of drug-likeness (QED) is 0.186. The van der Waals surface area contributed by atoms with Gasteiger partial charge in [0.15, 0.2) is 0 Å². The smallest absolute Gasteiger partial charge is 0.143 e. The molecule has 0 saturated heterocycles. The molecule has 0 amide bonds. The standard InChI is InChI=1S/C46H29NOS/c1-2-11-33(12-3-1)47(35-27-22-31(23-28-35)37-16-9-17-40-38-13-4-6-18-42(38)48-45(37)40)34-25-20-30(21-26-34)36-15-8-10-32-24-29-41-39-14-5-7-19-43(39)49-46(41)44(32)36/h1-29H. The molecule has 2 nitrogen and oxygen atoms in total. The van der Waals surface area contributed by atoms with E-state index in [4.69, 9.17) is 4.42 Å². The first kappa shape index (κ1) is 27.9. The third-order valence-corrected chi connectivity index (χ3v) is 10.9. The van der Waals surface area contributed by atoms with E-state index in [9.17, 15) is 0 Å². The fraction of sp³-hybridized carbons (Fsp3) is 0. The summed E-state index contributed by atoms with van der Waals surface area (Å²) in [7, 11) is 0. The van der Waals surface area contributed by atoms with Gasteiger partial charge in [-0.15, -0.1) is 11.3 Å². The number of benzene rings is 8. The first-order chi connectivity index (χ1) is 24.3. The summed E-state index contributed by atoms with van der Waals surface area (Å²) in [6, 6.07) is 63.0. The Bertz CT molecular complexity index is 2810. The SMILES string of the molecule is c1ccc(N(c2ccc(-c3cccc4c3oc3ccccc34)cc2)c2ccc(-c3cccc4ccc5c6ccccc6sc5c34)cc2)cc1. The van der Waals surface area contributed by atoms with E-state index in [2.05, 4.69) is 169 Å². The molecule has 49 heavy (non-hydrogen) atoms. The number of thiophene rings is 1. The largest absolute Gasteiger partial charge is 0.455 e. The number of fused-ring (bicyclic) bond motifs is 8. The molecule has 0 aliphatic carbocycles. The van der Waals surface area contributed by atoms with E-state index in [1.165, 1.54) is 42.1 Å². The van der Waals surface area contributed by atoms with E-state index in [1.807, 2.05) is 23.5 Å². The molecule has 0 aliphatic rings. The van der Waals surface area contributed by atoms with Gasteiger partial charge in [-0.2, -0.15) is 0 Å². The molecule has 0 aliphatic heterocycles. The Kier molecular flexibility index (Phi) is 6.39. The highest BCUT2D eigenvalue weighted by molar-refractivity contribution is 7.26. The van der Waals surface area contributed by atoms with Crippen LogP contribution in [0.3, 0.4) is 0 Å². The van der Waals surface area contributed by atoms with Crippen LogP contribution >= 0.6 is 11.3 Å². The molecule has 0 unspecified atom stereocenters. The van der Waals surface area contributed by atoms with Crippen molar-refractivity contribution < 1.29 is 4.42 Å². The lowest BCUT2D eigenvalue weighted by Gasteiger charge is -2.26. The Balaban J connectivity index is 1.06. The van der Waals surface area contributed by atoms with E-state index in [0.717, 1.165) is 50.1 Å². The lowest BCUT2D eigenvalue weighted by molar-refractivity contribution is 0.670. The van der Waals surface area contributed by atoms with Gasteiger partial charge in [0.25, 0.3) is 0 Å². The van der Waals surface area contributed by atoms with Crippen LogP contribution < -0.4 is 4.90 Å². The van der Waals surface area contributed by atoms with Crippen LogP contribution in [0.2, 0.25) is 0 Å². The van der Waals surface area contributed by atoms with Crippen molar-refractivity contribution in [3.05, 3.63) is 176 Å². The van der Waals surface area contributed by atoms with Crippen molar-refractivity contribution in [1.29, 1.82) is 0 Å². The summed E-state index contributed by atoms with van der Waals surface area (Å²) in [5, 5.41) is 7.53. The average Bonchev–Trinajstić information content (AvgIpc) is 3.75. The van der Waals surface area contributed by atoms with Gasteiger partial charge in [0.05, 0.1) is 0 Å². The van der Waals surface area contributed by atoms with Crippen molar-refractivity contribution >= 4 is 81.3 Å². The number of furan rings is 1. The molecule has 3 heteroatoms. The van der Waals surface area contributed by atoms with Crippen LogP contribution in [0, 0.1) is 0 Å². The lowest BCUT2D eigenvalue weighted by atomic mass is 9.96. The molecule has 10 aromatic rings. The van der Waals surface area contributed by atoms with E-state index in [1.54, 1.807) is 0 Å². The Morgan fingerprint density at radius 2 is 1.02 bits per heavy atom. The van der Waals surface area contributed by atoms with Gasteiger partial charge < -0.3 is 9.32 Å². The van der Waals surface area contributed by atoms with E-state index in [0.29, 0.717) is 0 Å². The molecule has 2 heterocycles. The molecule has 0 N–H and O–H groups in total. The second-order valence-electron chi connectivity index (χ2n) is 12.5. The minimum atomic E-state index is 0.914. The van der Waals surface area contributed by atoms with Crippen LogP contribution in [-0.4, -0.2) is 0 Å². The predicted molar refractivity (Wildman–Crippen MR) is 210 cm³/mol. The second kappa shape index (κ2) is 11.2. The molecule has 0 radical (unpaired) electrons. The van der Waals surface area contributed by atoms with E-state index in [-0.39, 0.29) is 0 Å². The minimum absolute atomic E-state index is 0.914. The van der Waals surface area contributed by atoms with Gasteiger partial charge in [0.1, 0.15) is 11.2 Å². The molecule has 2 aromatic heterocycles. The van der Waals surface area contributed by atoms with Crippen LogP contribution in [0.15, 0.2) is 180 Å². The second-order valence-corrected chi connectivity index (χ2v) is 13.5. The van der Waals surface area contributed by atoms with E-state index < -0.39 is 0 Å². The highest BCUT2D eigenvalue weighted by Crippen LogP contribution is 2.43. The Hall–Kier alpha value is -6.16. The van der Waals surface area contributed by atoms with Gasteiger partial charge in [0, 0.05) is 59.0 Å². The number of rotatable bonds is 5. The van der Waals surface area contributed by atoms with Crippen LogP contribution in [0.25, 0.3) is 75.1 Å². The summed E-state index contributed by atoms with van der Waals surface area (Å²) >= 11 is 1.89. The van der Waals surface area contributed by atoms with Gasteiger partial charge in [-0.1, -0.05) is 127 Å². The first-order valence-corrected chi connectivity index (χ1v) is 17.4. The van der Waals surface area contributed by atoms with Gasteiger partial charge >= 0.3 is 0 Å². The van der Waals surface area contributed by atoms with Gasteiger partial charge in [0.2, 0.25) is 0 Å². The van der Waals surface area contributed by atoms with Crippen molar-refractivity contribution in [2.45, 2.75) is 0 Å². The highest BCUT2D eigenvalue weighted by Gasteiger charge is 2.17. The number of para-hydroxylation sites is 3. The van der Waals surface area contributed by atoms with Crippen LogP contribution in [0.5, 0.6) is 0 Å². The summed E-state index contributed by atoms with van der Waals surface area (Å²) in [5.74, 6) is 0. The molecule has 0 fully saturated rings. The zero-order valence-corrected chi connectivity index (χ0v) is 27.3. The predicted octanol–water partition coefficient (Wildman–Crippen LogP) is 13.9. The van der Waals surface area contributed by atoms with Crippen molar-refractivity contribution in [3.63, 3.8) is 0 Å². The van der Waals surface area contributed by atoms with Gasteiger partial charge in [-0.25, -0.2) is 0 Å². The summed E-state index contributed by atoms with van der Waals surface area (Å²) in [5.41, 5.74) is 9.84. The van der Waals surface area contributed by atoms with Crippen molar-refractivity contribution in [2.75, 3.05) is 4.90 Å². The molecule has 8 aromatic carbocycles. The Labute approximate surface area is 287 Å². The summed E-state index contributed by atoms with van der Waals surface area (Å²) < 4.78 is 9.04. The summed E-state index contributed by atoms with van der Waals surface area (Å²) in [4.78, 5) is 2.32. The van der Waals surface area contributed by atoms with Crippen LogP contribution in [0.1, 0.15) is 0 Å². The molecule has 0 spiro atoms. The van der Waals surface area contributed by atoms with Crippen molar-refractivity contribution in [1.82, 2.24) is 0 Å². The first-order valence-electron chi connectivity index (χ1n) is 16.6. The molecule has 230 valence electrons. The van der Waals surface area contributed by atoms with Gasteiger partial charge in [-0.3, -0.25) is 0 Å². The van der Waals surface area contributed by atoms with Crippen LogP contribution in [-0.2, 0) is 0 Å².